The molecule has 1 N–H and O–H groups in total. The van der Waals surface area contributed by atoms with E-state index in [1.807, 2.05) is 24.4 Å². The number of hydrogen-bond donors (Lipinski definition) is 1. The van der Waals surface area contributed by atoms with Crippen molar-refractivity contribution >= 4 is 29.4 Å². The third-order valence-corrected chi connectivity index (χ3v) is 4.67. The fourth-order valence-corrected chi connectivity index (χ4v) is 2.94. The molecule has 1 heterocycles. The molecule has 1 amide bonds. The minimum atomic E-state index is -0.470. The Morgan fingerprint density at radius 2 is 1.86 bits per heavy atom. The molecular formula is C21H18N2O4S. The Morgan fingerprint density at radius 1 is 1.07 bits per heavy atom. The highest BCUT2D eigenvalue weighted by Crippen LogP contribution is 2.28. The molecule has 0 saturated heterocycles. The van der Waals surface area contributed by atoms with Crippen molar-refractivity contribution in [1.82, 2.24) is 5.43 Å². The number of hydrogen-bond acceptors (Lipinski definition) is 6. The van der Waals surface area contributed by atoms with Gasteiger partial charge in [0.2, 0.25) is 0 Å². The van der Waals surface area contributed by atoms with E-state index in [0.29, 0.717) is 27.5 Å². The van der Waals surface area contributed by atoms with Crippen LogP contribution in [0.5, 0.6) is 11.5 Å². The normalized spacial score (nSPS) is 10.6. The molecule has 0 unspecified atom stereocenters. The Kier molecular flexibility index (Phi) is 6.18. The second-order valence-corrected chi connectivity index (χ2v) is 6.79. The molecule has 3 rings (SSSR count). The van der Waals surface area contributed by atoms with Crippen molar-refractivity contribution < 1.29 is 19.1 Å². The molecule has 28 heavy (non-hydrogen) atoms. The van der Waals surface area contributed by atoms with E-state index >= 15 is 0 Å². The first-order valence-corrected chi connectivity index (χ1v) is 9.28. The van der Waals surface area contributed by atoms with Crippen LogP contribution in [0.25, 0.3) is 0 Å². The monoisotopic (exact) mass is 394 g/mol. The van der Waals surface area contributed by atoms with Crippen LogP contribution in [0.1, 0.15) is 31.2 Å². The Balaban J connectivity index is 1.67. The van der Waals surface area contributed by atoms with Gasteiger partial charge in [-0.05, 0) is 54.3 Å². The fourth-order valence-electron chi connectivity index (χ4n) is 2.33. The molecule has 0 bridgehead atoms. The van der Waals surface area contributed by atoms with Crippen LogP contribution in [0, 0.1) is 6.92 Å². The number of rotatable bonds is 6. The second-order valence-electron chi connectivity index (χ2n) is 5.84. The van der Waals surface area contributed by atoms with Crippen molar-refractivity contribution in [3.8, 4) is 11.5 Å². The zero-order valence-corrected chi connectivity index (χ0v) is 16.2. The summed E-state index contributed by atoms with van der Waals surface area (Å²) in [4.78, 5) is 24.7. The molecule has 2 aromatic carbocycles. The third-order valence-electron chi connectivity index (χ3n) is 3.80. The predicted octanol–water partition coefficient (Wildman–Crippen LogP) is 4.05. The molecule has 0 aliphatic rings. The van der Waals surface area contributed by atoms with Crippen LogP contribution in [-0.2, 0) is 0 Å². The Labute approximate surface area is 166 Å². The lowest BCUT2D eigenvalue weighted by Crippen LogP contribution is -2.16. The van der Waals surface area contributed by atoms with Gasteiger partial charge < -0.3 is 9.47 Å². The fraction of sp³-hybridized carbons (Fsp3) is 0.0952. The molecule has 0 aliphatic carbocycles. The van der Waals surface area contributed by atoms with Crippen LogP contribution < -0.4 is 14.9 Å². The first kappa shape index (κ1) is 19.3. The van der Waals surface area contributed by atoms with Crippen molar-refractivity contribution in [2.45, 2.75) is 6.92 Å². The maximum Gasteiger partial charge on any atom is 0.343 e. The van der Waals surface area contributed by atoms with Crippen LogP contribution in [0.4, 0.5) is 0 Å². The van der Waals surface area contributed by atoms with E-state index in [2.05, 4.69) is 10.5 Å². The molecular weight excluding hydrogens is 376 g/mol. The maximum atomic E-state index is 12.3. The van der Waals surface area contributed by atoms with Crippen LogP contribution in [0.15, 0.2) is 65.1 Å². The Hall–Kier alpha value is -3.45. The van der Waals surface area contributed by atoms with Gasteiger partial charge in [-0.15, -0.1) is 11.3 Å². The maximum absolute atomic E-state index is 12.3. The summed E-state index contributed by atoms with van der Waals surface area (Å²) in [7, 11) is 1.48. The molecule has 1 aromatic heterocycles. The smallest absolute Gasteiger partial charge is 0.343 e. The number of ether oxygens (including phenoxy) is 2. The number of nitrogens with zero attached hydrogens (tertiary/aromatic N) is 1. The topological polar surface area (TPSA) is 77.0 Å². The van der Waals surface area contributed by atoms with E-state index in [0.717, 1.165) is 5.56 Å². The van der Waals surface area contributed by atoms with E-state index in [1.54, 1.807) is 42.5 Å². The quantitative estimate of drug-likeness (QED) is 0.296. The highest BCUT2D eigenvalue weighted by atomic mass is 32.1. The molecule has 0 spiro atoms. The Morgan fingerprint density at radius 3 is 2.54 bits per heavy atom. The van der Waals surface area contributed by atoms with E-state index in [9.17, 15) is 9.59 Å². The zero-order valence-electron chi connectivity index (χ0n) is 15.3. The number of amides is 1. The summed E-state index contributed by atoms with van der Waals surface area (Å²) in [6.45, 7) is 1.95. The molecule has 6 nitrogen and oxygen atoms in total. The summed E-state index contributed by atoms with van der Waals surface area (Å²) in [5.74, 6) is -0.0633. The summed E-state index contributed by atoms with van der Waals surface area (Å²) in [6.07, 6.45) is 1.49. The van der Waals surface area contributed by atoms with E-state index in [1.165, 1.54) is 24.7 Å². The minimum absolute atomic E-state index is 0.276. The van der Waals surface area contributed by atoms with Crippen molar-refractivity contribution in [3.05, 3.63) is 81.5 Å². The lowest BCUT2D eigenvalue weighted by atomic mass is 10.1. The highest BCUT2D eigenvalue weighted by Gasteiger charge is 2.12. The average Bonchev–Trinajstić information content (AvgIpc) is 3.24. The Bertz CT molecular complexity index is 996. The summed E-state index contributed by atoms with van der Waals surface area (Å²) in [5, 5.41) is 5.76. The largest absolute Gasteiger partial charge is 0.493 e. The lowest BCUT2D eigenvalue weighted by molar-refractivity contribution is 0.0729. The van der Waals surface area contributed by atoms with E-state index < -0.39 is 5.97 Å². The third kappa shape index (κ3) is 4.83. The van der Waals surface area contributed by atoms with Gasteiger partial charge in [0.1, 0.15) is 0 Å². The van der Waals surface area contributed by atoms with Crippen LogP contribution in [0.2, 0.25) is 0 Å². The van der Waals surface area contributed by atoms with Gasteiger partial charge in [-0.3, -0.25) is 4.79 Å². The molecule has 0 fully saturated rings. The van der Waals surface area contributed by atoms with Gasteiger partial charge in [-0.2, -0.15) is 5.10 Å². The number of thiophene rings is 1. The molecule has 0 aliphatic heterocycles. The van der Waals surface area contributed by atoms with E-state index in [4.69, 9.17) is 9.47 Å². The first-order chi connectivity index (χ1) is 13.6. The van der Waals surface area contributed by atoms with Gasteiger partial charge in [-0.1, -0.05) is 23.8 Å². The molecule has 0 radical (unpaired) electrons. The number of hydrazone groups is 1. The SMILES string of the molecule is COc1cc(/C=N/NC(=O)c2cccs2)ccc1OC(=O)c1ccc(C)cc1. The van der Waals surface area contributed by atoms with Crippen molar-refractivity contribution in [1.29, 1.82) is 0 Å². The number of esters is 1. The van der Waals surface area contributed by atoms with Crippen LogP contribution >= 0.6 is 11.3 Å². The van der Waals surface area contributed by atoms with Gasteiger partial charge in [0.05, 0.1) is 23.8 Å². The molecule has 142 valence electrons. The van der Waals surface area contributed by atoms with Crippen molar-refractivity contribution in [2.75, 3.05) is 7.11 Å². The second kappa shape index (κ2) is 8.96. The molecule has 0 atom stereocenters. The van der Waals surface area contributed by atoms with Crippen LogP contribution in [0.3, 0.4) is 0 Å². The zero-order chi connectivity index (χ0) is 19.9. The summed E-state index contributed by atoms with van der Waals surface area (Å²) < 4.78 is 10.7. The standard InChI is InChI=1S/C21H18N2O4S/c1-14-5-8-16(9-6-14)21(25)27-17-10-7-15(12-18(17)26-2)13-22-23-20(24)19-4-3-11-28-19/h3-13H,1-2H3,(H,23,24)/b22-13+. The molecule has 7 heteroatoms. The van der Waals surface area contributed by atoms with Crippen molar-refractivity contribution in [3.63, 3.8) is 0 Å². The van der Waals surface area contributed by atoms with E-state index in [-0.39, 0.29) is 5.91 Å². The van der Waals surface area contributed by atoms with Gasteiger partial charge in [0, 0.05) is 0 Å². The highest BCUT2D eigenvalue weighted by molar-refractivity contribution is 7.12. The first-order valence-electron chi connectivity index (χ1n) is 8.40. The summed E-state index contributed by atoms with van der Waals surface area (Å²) in [6, 6.07) is 15.6. The van der Waals surface area contributed by atoms with Crippen molar-refractivity contribution in [2.24, 2.45) is 5.10 Å². The number of methoxy groups -OCH3 is 1. The van der Waals surface area contributed by atoms with Crippen LogP contribution in [-0.4, -0.2) is 25.2 Å². The number of aryl methyl sites for hydroxylation is 1. The number of carbonyl (C=O) groups is 2. The van der Waals surface area contributed by atoms with Gasteiger partial charge in [-0.25, -0.2) is 10.2 Å². The average molecular weight is 394 g/mol. The number of carbonyl (C=O) groups excluding carboxylic acids is 2. The molecule has 0 saturated carbocycles. The summed E-state index contributed by atoms with van der Waals surface area (Å²) in [5.41, 5.74) is 4.65. The van der Waals surface area contributed by atoms with Gasteiger partial charge in [0.15, 0.2) is 11.5 Å². The predicted molar refractivity (Wildman–Crippen MR) is 109 cm³/mol. The van der Waals surface area contributed by atoms with Gasteiger partial charge >= 0.3 is 5.97 Å². The molecule has 3 aromatic rings. The van der Waals surface area contributed by atoms with Gasteiger partial charge in [0.25, 0.3) is 5.91 Å². The number of benzene rings is 2. The lowest BCUT2D eigenvalue weighted by Gasteiger charge is -2.10. The minimum Gasteiger partial charge on any atom is -0.493 e. The summed E-state index contributed by atoms with van der Waals surface area (Å²) >= 11 is 1.34. The number of nitrogens with one attached hydrogen (secondary N) is 1.